The van der Waals surface area contributed by atoms with Crippen molar-refractivity contribution in [3.63, 3.8) is 0 Å². The molecule has 2 rings (SSSR count). The molecule has 1 spiro atoms. The first-order valence-corrected chi connectivity index (χ1v) is 10.8. The van der Waals surface area contributed by atoms with E-state index in [2.05, 4.69) is 23.1 Å². The summed E-state index contributed by atoms with van der Waals surface area (Å²) in [7, 11) is -4.88. The van der Waals surface area contributed by atoms with Crippen molar-refractivity contribution in [3.8, 4) is 0 Å². The van der Waals surface area contributed by atoms with Gasteiger partial charge >= 0.3 is 15.6 Å². The molecule has 1 heterocycles. The van der Waals surface area contributed by atoms with Crippen molar-refractivity contribution >= 4 is 15.6 Å². The summed E-state index contributed by atoms with van der Waals surface area (Å²) >= 11 is 0. The maximum absolute atomic E-state index is 10.8. The minimum absolute atomic E-state index is 0.275. The molecule has 2 fully saturated rings. The summed E-state index contributed by atoms with van der Waals surface area (Å²) in [6.45, 7) is 0.677. The van der Waals surface area contributed by atoms with Gasteiger partial charge in [-0.2, -0.15) is 0 Å². The van der Waals surface area contributed by atoms with Crippen LogP contribution in [0, 0.1) is 5.92 Å². The van der Waals surface area contributed by atoms with Gasteiger partial charge < -0.3 is 24.1 Å². The van der Waals surface area contributed by atoms with E-state index >= 15 is 0 Å². The Morgan fingerprint density at radius 3 is 1.79 bits per heavy atom. The highest BCUT2D eigenvalue weighted by atomic mass is 31.2. The zero-order chi connectivity index (χ0) is 18.2. The zero-order valence-electron chi connectivity index (χ0n) is 13.9. The normalized spacial score (nSPS) is 30.0. The molecule has 0 aromatic rings. The molecule has 4 N–H and O–H groups in total. The van der Waals surface area contributed by atoms with Gasteiger partial charge in [0.05, 0.1) is 14.1 Å². The van der Waals surface area contributed by atoms with Crippen LogP contribution in [-0.2, 0) is 18.2 Å². The second kappa shape index (κ2) is 7.04. The van der Waals surface area contributed by atoms with Crippen molar-refractivity contribution in [3.05, 3.63) is 0 Å². The highest BCUT2D eigenvalue weighted by Crippen LogP contribution is 2.50. The van der Waals surface area contributed by atoms with E-state index in [9.17, 15) is 9.13 Å². The molecule has 1 aliphatic heterocycles. The number of hydrogen-bond donors (Lipinski definition) is 4. The maximum atomic E-state index is 10.8. The fourth-order valence-electron chi connectivity index (χ4n) is 3.68. The Kier molecular flexibility index (Phi) is 6.00. The number of phosphoric ester groups is 2. The second-order valence-electron chi connectivity index (χ2n) is 7.36. The van der Waals surface area contributed by atoms with Crippen LogP contribution in [0.2, 0.25) is 0 Å². The molecule has 0 bridgehead atoms. The Morgan fingerprint density at radius 1 is 1.04 bits per heavy atom. The van der Waals surface area contributed by atoms with E-state index in [-0.39, 0.29) is 5.92 Å². The van der Waals surface area contributed by atoms with E-state index in [1.54, 1.807) is 0 Å². The van der Waals surface area contributed by atoms with Crippen molar-refractivity contribution in [2.75, 3.05) is 40.6 Å². The standard InChI is InChI=1S/C12H26N2O8P2/c1-14(2)8-12(14)5-3-11(4-6-12)7-13(9-21-23(15,16)17)10-22-24(18,19)20/h11H,3-10H2,1-2H3,(H3-,15,16,17,18,19,20)/p+1. The molecular formula is C12H27N2O8P2+. The second-order valence-corrected chi connectivity index (χ2v) is 9.84. The Balaban J connectivity index is 1.85. The summed E-state index contributed by atoms with van der Waals surface area (Å²) in [5, 5.41) is 0. The predicted molar refractivity (Wildman–Crippen MR) is 84.4 cm³/mol. The number of phosphoric acid groups is 2. The van der Waals surface area contributed by atoms with Crippen LogP contribution in [0.4, 0.5) is 0 Å². The summed E-state index contributed by atoms with van der Waals surface area (Å²) in [5.41, 5.74) is 0.367. The van der Waals surface area contributed by atoms with Crippen LogP contribution in [0.3, 0.4) is 0 Å². The molecular weight excluding hydrogens is 362 g/mol. The summed E-state index contributed by atoms with van der Waals surface area (Å²) in [5.74, 6) is 0.275. The molecule has 1 saturated heterocycles. The Labute approximate surface area is 141 Å². The molecule has 1 aliphatic carbocycles. The summed E-state index contributed by atoms with van der Waals surface area (Å²) in [6.07, 6.45) is 4.09. The van der Waals surface area contributed by atoms with Crippen LogP contribution < -0.4 is 0 Å². The van der Waals surface area contributed by atoms with E-state index in [4.69, 9.17) is 19.6 Å². The molecule has 0 amide bonds. The SMILES string of the molecule is C[N+]1(C)CC12CCC(CN(COP(=O)(O)O)COP(=O)(O)O)CC2. The molecule has 0 unspecified atom stereocenters. The van der Waals surface area contributed by atoms with E-state index in [0.717, 1.165) is 30.2 Å². The van der Waals surface area contributed by atoms with Crippen LogP contribution in [0.25, 0.3) is 0 Å². The molecule has 0 aromatic heterocycles. The third kappa shape index (κ3) is 5.85. The van der Waals surface area contributed by atoms with Crippen molar-refractivity contribution in [1.29, 1.82) is 0 Å². The van der Waals surface area contributed by atoms with Gasteiger partial charge in [-0.25, -0.2) is 9.13 Å². The van der Waals surface area contributed by atoms with E-state index in [0.29, 0.717) is 12.1 Å². The minimum Gasteiger partial charge on any atom is -0.314 e. The summed E-state index contributed by atoms with van der Waals surface area (Å²) in [6, 6.07) is 0. The fraction of sp³-hybridized carbons (Fsp3) is 1.00. The smallest absolute Gasteiger partial charge is 0.314 e. The van der Waals surface area contributed by atoms with E-state index < -0.39 is 29.1 Å². The van der Waals surface area contributed by atoms with Gasteiger partial charge in [0.25, 0.3) is 0 Å². The maximum Gasteiger partial charge on any atom is 0.470 e. The lowest BCUT2D eigenvalue weighted by Gasteiger charge is -2.32. The van der Waals surface area contributed by atoms with Gasteiger partial charge in [0, 0.05) is 19.4 Å². The molecule has 1 saturated carbocycles. The third-order valence-corrected chi connectivity index (χ3v) is 6.14. The molecule has 0 radical (unpaired) electrons. The molecule has 24 heavy (non-hydrogen) atoms. The lowest BCUT2D eigenvalue weighted by atomic mass is 9.81. The van der Waals surface area contributed by atoms with Gasteiger partial charge in [0.1, 0.15) is 25.5 Å². The van der Waals surface area contributed by atoms with Crippen molar-refractivity contribution in [1.82, 2.24) is 4.90 Å². The van der Waals surface area contributed by atoms with Crippen molar-refractivity contribution < 1.29 is 42.2 Å². The fourth-order valence-corrected chi connectivity index (χ4v) is 4.31. The first-order chi connectivity index (χ1) is 10.8. The van der Waals surface area contributed by atoms with Gasteiger partial charge in [0.15, 0.2) is 0 Å². The third-order valence-electron chi connectivity index (χ3n) is 5.24. The molecule has 0 atom stereocenters. The monoisotopic (exact) mass is 389 g/mol. The topological polar surface area (TPSA) is 137 Å². The lowest BCUT2D eigenvalue weighted by molar-refractivity contribution is -0.788. The molecule has 142 valence electrons. The van der Waals surface area contributed by atoms with Crippen LogP contribution in [-0.4, -0.2) is 75.1 Å². The van der Waals surface area contributed by atoms with Crippen LogP contribution in [0.5, 0.6) is 0 Å². The lowest BCUT2D eigenvalue weighted by Crippen LogP contribution is -2.38. The first kappa shape index (κ1) is 20.5. The molecule has 10 nitrogen and oxygen atoms in total. The van der Waals surface area contributed by atoms with E-state index in [1.807, 2.05) is 0 Å². The van der Waals surface area contributed by atoms with Gasteiger partial charge in [0.2, 0.25) is 0 Å². The average molecular weight is 389 g/mol. The van der Waals surface area contributed by atoms with Gasteiger partial charge in [-0.3, -0.25) is 13.9 Å². The van der Waals surface area contributed by atoms with Crippen molar-refractivity contribution in [2.24, 2.45) is 5.92 Å². The first-order valence-electron chi connectivity index (χ1n) is 7.78. The quantitative estimate of drug-likeness (QED) is 0.202. The van der Waals surface area contributed by atoms with E-state index in [1.165, 1.54) is 11.4 Å². The number of rotatable bonds is 8. The van der Waals surface area contributed by atoms with Crippen LogP contribution in [0.1, 0.15) is 25.7 Å². The van der Waals surface area contributed by atoms with Gasteiger partial charge in [-0.15, -0.1) is 0 Å². The Bertz CT molecular complexity index is 511. The summed E-state index contributed by atoms with van der Waals surface area (Å²) < 4.78 is 31.6. The number of hydrogen-bond acceptors (Lipinski definition) is 5. The highest BCUT2D eigenvalue weighted by molar-refractivity contribution is 7.46. The predicted octanol–water partition coefficient (Wildman–Crippen LogP) is 0.441. The largest absolute Gasteiger partial charge is 0.470 e. The zero-order valence-corrected chi connectivity index (χ0v) is 15.7. The Morgan fingerprint density at radius 2 is 1.46 bits per heavy atom. The number of nitrogens with zero attached hydrogens (tertiary/aromatic N) is 2. The van der Waals surface area contributed by atoms with Gasteiger partial charge in [-0.05, 0) is 18.8 Å². The Hall–Kier alpha value is 0.140. The van der Waals surface area contributed by atoms with Crippen LogP contribution in [0.15, 0.2) is 0 Å². The number of likely N-dealkylation sites (N-methyl/N-ethyl adjacent to an activating group) is 1. The molecule has 0 aromatic carbocycles. The minimum atomic E-state index is -4.66. The average Bonchev–Trinajstić information content (AvgIpc) is 2.94. The van der Waals surface area contributed by atoms with Crippen LogP contribution >= 0.6 is 15.6 Å². The van der Waals surface area contributed by atoms with Gasteiger partial charge in [-0.1, -0.05) is 0 Å². The molecule has 2 aliphatic rings. The molecule has 12 heteroatoms. The number of quaternary nitrogens is 1. The van der Waals surface area contributed by atoms with Crippen molar-refractivity contribution in [2.45, 2.75) is 31.2 Å². The highest BCUT2D eigenvalue weighted by Gasteiger charge is 2.64. The summed E-state index contributed by atoms with van der Waals surface area (Å²) in [4.78, 5) is 36.6.